The van der Waals surface area contributed by atoms with Crippen molar-refractivity contribution in [2.24, 2.45) is 5.11 Å². The Balaban J connectivity index is 2.44. The highest BCUT2D eigenvalue weighted by atomic mass is 16.7. The third-order valence-corrected chi connectivity index (χ3v) is 11.9. The molecule has 0 aromatic rings. The first-order valence-corrected chi connectivity index (χ1v) is 28.4. The number of hydrogen-bond donors (Lipinski definition) is 6. The maximum absolute atomic E-state index is 14.8. The summed E-state index contributed by atoms with van der Waals surface area (Å²) in [4.78, 5) is 136. The van der Waals surface area contributed by atoms with E-state index in [4.69, 9.17) is 61.6 Å². The van der Waals surface area contributed by atoms with E-state index in [2.05, 4.69) is 41.9 Å². The Morgan fingerprint density at radius 1 is 0.529 bits per heavy atom. The van der Waals surface area contributed by atoms with E-state index < -0.39 is 187 Å². The second-order valence-corrected chi connectivity index (χ2v) is 25.8. The highest BCUT2D eigenvalue weighted by Gasteiger charge is 2.56. The number of esters is 4. The average Bonchev–Trinajstić information content (AvgIpc) is 0.889. The predicted octanol–water partition coefficient (Wildman–Crippen LogP) is 5.03. The van der Waals surface area contributed by atoms with E-state index in [1.165, 1.54) is 0 Å². The molecule has 6 amide bonds. The lowest BCUT2D eigenvalue weighted by Gasteiger charge is -2.50. The van der Waals surface area contributed by atoms with Gasteiger partial charge in [-0.15, -0.1) is 0 Å². The standard InChI is InChI=1S/C55H91N9O23/c1-27(65)75-26-36-41(77-29(3)67)37(62-50(74)87-55(17,18)19)42(78-30(4)68)45(80-36)82-39-33(59-43(69)35(76-28(2)66)22-23-57-46(70)83-51(5,6)7)24-34(61-49(73)86-54(14,15)16)40(38(39)63-64-56)81-44-32(60-48(72)85-53(11,12)13)21-20-31(79-44)25-58-47(71)84-52(8,9)10/h31-42,44-45H,20-26H2,1-19H3,(H,57,70)(H,58,71)(H,59,69)(H,60,72)(H,61,73)(H,62,74)/t31?,32?,33-,34+,35+,36?,37+,38?,39-,40?,41+,42?,44+,45+/m1/s1. The average molecular weight is 1250 g/mol. The van der Waals surface area contributed by atoms with Crippen molar-refractivity contribution in [3.63, 3.8) is 0 Å². The van der Waals surface area contributed by atoms with Gasteiger partial charge in [-0.1, -0.05) is 5.11 Å². The molecule has 6 unspecified atom stereocenters. The molecule has 494 valence electrons. The lowest BCUT2D eigenvalue weighted by Crippen LogP contribution is -2.71. The van der Waals surface area contributed by atoms with E-state index in [-0.39, 0.29) is 32.4 Å². The van der Waals surface area contributed by atoms with Crippen molar-refractivity contribution < 1.29 is 110 Å². The molecule has 1 saturated carbocycles. The lowest BCUT2D eigenvalue weighted by molar-refractivity contribution is -0.308. The first kappa shape index (κ1) is 74.1. The Bertz CT molecular complexity index is 2460. The number of carbonyl (C=O) groups is 10. The van der Waals surface area contributed by atoms with Gasteiger partial charge in [-0.2, -0.15) is 0 Å². The summed E-state index contributed by atoms with van der Waals surface area (Å²) in [6, 6.07) is -7.66. The fourth-order valence-electron chi connectivity index (χ4n) is 9.01. The molecule has 87 heavy (non-hydrogen) atoms. The van der Waals surface area contributed by atoms with Crippen LogP contribution in [0.15, 0.2) is 5.11 Å². The van der Waals surface area contributed by atoms with Crippen LogP contribution in [0.4, 0.5) is 24.0 Å². The normalized spacial score (nSPS) is 26.2. The van der Waals surface area contributed by atoms with Crippen LogP contribution in [-0.2, 0) is 85.6 Å². The van der Waals surface area contributed by atoms with Gasteiger partial charge in [-0.05, 0) is 129 Å². The topological polar surface area (TPSA) is 412 Å². The second kappa shape index (κ2) is 31.7. The van der Waals surface area contributed by atoms with Crippen molar-refractivity contribution in [1.82, 2.24) is 31.9 Å². The number of carbonyl (C=O) groups excluding carboxylic acids is 10. The summed E-state index contributed by atoms with van der Waals surface area (Å²) in [5.74, 6) is -4.77. The first-order chi connectivity index (χ1) is 39.9. The smallest absolute Gasteiger partial charge is 0.408 e. The molecular formula is C55H91N9O23. The van der Waals surface area contributed by atoms with E-state index in [0.717, 1.165) is 27.7 Å². The second-order valence-electron chi connectivity index (χ2n) is 25.8. The maximum Gasteiger partial charge on any atom is 0.408 e. The van der Waals surface area contributed by atoms with Gasteiger partial charge in [0.05, 0.1) is 42.5 Å². The van der Waals surface area contributed by atoms with Gasteiger partial charge in [0.2, 0.25) is 0 Å². The van der Waals surface area contributed by atoms with Gasteiger partial charge in [-0.25, -0.2) is 24.0 Å². The first-order valence-electron chi connectivity index (χ1n) is 28.4. The van der Waals surface area contributed by atoms with Gasteiger partial charge >= 0.3 is 54.3 Å². The molecule has 1 aliphatic carbocycles. The summed E-state index contributed by atoms with van der Waals surface area (Å²) in [6.07, 6.45) is -20.2. The Labute approximate surface area is 506 Å². The van der Waals surface area contributed by atoms with Crippen molar-refractivity contribution in [2.75, 3.05) is 19.7 Å². The van der Waals surface area contributed by atoms with Gasteiger partial charge in [0.1, 0.15) is 46.8 Å². The van der Waals surface area contributed by atoms with Gasteiger partial charge in [0.25, 0.3) is 5.91 Å². The molecule has 2 heterocycles. The minimum Gasteiger partial charge on any atom is -0.463 e. The van der Waals surface area contributed by atoms with Crippen LogP contribution >= 0.6 is 0 Å². The van der Waals surface area contributed by atoms with Crippen LogP contribution in [0.25, 0.3) is 10.4 Å². The Hall–Kier alpha value is -7.15. The number of ether oxygens (including phenoxy) is 13. The summed E-state index contributed by atoms with van der Waals surface area (Å²) in [5.41, 5.74) is 5.54. The molecule has 3 rings (SSSR count). The molecule has 6 N–H and O–H groups in total. The summed E-state index contributed by atoms with van der Waals surface area (Å²) in [7, 11) is 0. The zero-order valence-corrected chi connectivity index (χ0v) is 53.3. The van der Waals surface area contributed by atoms with Gasteiger partial charge in [0.15, 0.2) is 30.9 Å². The van der Waals surface area contributed by atoms with E-state index in [1.807, 2.05) is 0 Å². The minimum atomic E-state index is -2.03. The Kier molecular flexibility index (Phi) is 27.0. The van der Waals surface area contributed by atoms with Crippen LogP contribution in [0.2, 0.25) is 0 Å². The van der Waals surface area contributed by atoms with Crippen molar-refractivity contribution >= 4 is 60.3 Å². The highest BCUT2D eigenvalue weighted by molar-refractivity contribution is 5.84. The SMILES string of the molecule is CC(=O)OCC1O[C@@H](O[C@H]2C(N=[N+]=[N-])C(O[C@@H]3OC(CNC(=O)OC(C)(C)C)CCC3NC(=O)OC(C)(C)C)[C@@H](NC(=O)OC(C)(C)C)C[C@H]2NC(=O)[C@H](CCNC(=O)OC(C)(C)C)OC(C)=O)C(OC(C)=O)[C@@H](NC(=O)OC(C)(C)C)[C@H]1OC(C)=O. The molecule has 3 aliphatic rings. The summed E-state index contributed by atoms with van der Waals surface area (Å²) in [5, 5.41) is 20.1. The van der Waals surface area contributed by atoms with E-state index >= 15 is 0 Å². The molecule has 0 aromatic carbocycles. The third kappa shape index (κ3) is 27.6. The summed E-state index contributed by atoms with van der Waals surface area (Å²) >= 11 is 0. The third-order valence-electron chi connectivity index (χ3n) is 11.9. The minimum absolute atomic E-state index is 0.0891. The van der Waals surface area contributed by atoms with Gasteiger partial charge in [-0.3, -0.25) is 24.0 Å². The van der Waals surface area contributed by atoms with Crippen molar-refractivity contribution in [3.05, 3.63) is 10.4 Å². The monoisotopic (exact) mass is 1250 g/mol. The van der Waals surface area contributed by atoms with Crippen LogP contribution in [0.3, 0.4) is 0 Å². The predicted molar refractivity (Wildman–Crippen MR) is 302 cm³/mol. The fourth-order valence-corrected chi connectivity index (χ4v) is 9.01. The lowest BCUT2D eigenvalue weighted by atomic mass is 9.81. The van der Waals surface area contributed by atoms with Crippen molar-refractivity contribution in [3.8, 4) is 0 Å². The van der Waals surface area contributed by atoms with Crippen LogP contribution < -0.4 is 31.9 Å². The molecule has 2 aliphatic heterocycles. The number of amides is 6. The quantitative estimate of drug-likeness (QED) is 0.0306. The van der Waals surface area contributed by atoms with E-state index in [9.17, 15) is 53.5 Å². The van der Waals surface area contributed by atoms with Crippen LogP contribution in [-0.4, -0.2) is 193 Å². The molecule has 2 saturated heterocycles. The van der Waals surface area contributed by atoms with Crippen LogP contribution in [0.1, 0.15) is 157 Å². The number of azide groups is 1. The molecule has 14 atom stereocenters. The fraction of sp³-hybridized carbons (Fsp3) is 0.818. The number of rotatable bonds is 20. The summed E-state index contributed by atoms with van der Waals surface area (Å²) < 4.78 is 76.5. The Morgan fingerprint density at radius 2 is 0.989 bits per heavy atom. The van der Waals surface area contributed by atoms with Crippen molar-refractivity contribution in [1.29, 1.82) is 0 Å². The molecule has 0 radical (unpaired) electrons. The largest absolute Gasteiger partial charge is 0.463 e. The maximum atomic E-state index is 14.8. The van der Waals surface area contributed by atoms with Gasteiger partial charge < -0.3 is 93.5 Å². The van der Waals surface area contributed by atoms with Gasteiger partial charge in [0, 0.05) is 52.1 Å². The highest BCUT2D eigenvalue weighted by Crippen LogP contribution is 2.37. The van der Waals surface area contributed by atoms with Crippen LogP contribution in [0.5, 0.6) is 0 Å². The van der Waals surface area contributed by atoms with E-state index in [1.54, 1.807) is 104 Å². The molecule has 3 fully saturated rings. The number of nitrogens with one attached hydrogen (secondary N) is 6. The Morgan fingerprint density at radius 3 is 1.47 bits per heavy atom. The molecule has 32 heteroatoms. The molecule has 0 spiro atoms. The number of alkyl carbamates (subject to hydrolysis) is 5. The van der Waals surface area contributed by atoms with E-state index in [0.29, 0.717) is 0 Å². The molecule has 32 nitrogen and oxygen atoms in total. The zero-order chi connectivity index (χ0) is 66.2. The number of hydrogen-bond acceptors (Lipinski definition) is 24. The molecular weight excluding hydrogens is 1150 g/mol. The molecule has 0 aromatic heterocycles. The molecule has 0 bridgehead atoms. The zero-order valence-electron chi connectivity index (χ0n) is 53.3. The van der Waals surface area contributed by atoms with Crippen LogP contribution in [0, 0.1) is 0 Å². The summed E-state index contributed by atoms with van der Waals surface area (Å²) in [6.45, 7) is 27.1. The number of nitrogens with zero attached hydrogens (tertiary/aromatic N) is 3. The van der Waals surface area contributed by atoms with Crippen molar-refractivity contribution in [2.45, 2.75) is 271 Å².